The zero-order valence-corrected chi connectivity index (χ0v) is 17.7. The van der Waals surface area contributed by atoms with Crippen LogP contribution in [0.1, 0.15) is 34.9 Å². The van der Waals surface area contributed by atoms with Crippen molar-refractivity contribution in [2.24, 2.45) is 0 Å². The Morgan fingerprint density at radius 3 is 2.21 bits per heavy atom. The van der Waals surface area contributed by atoms with Gasteiger partial charge in [-0.2, -0.15) is 0 Å². The van der Waals surface area contributed by atoms with E-state index in [0.717, 1.165) is 35.5 Å². The summed E-state index contributed by atoms with van der Waals surface area (Å²) in [7, 11) is 3.31. The van der Waals surface area contributed by atoms with Crippen molar-refractivity contribution >= 4 is 17.2 Å². The lowest BCUT2D eigenvalue weighted by Gasteiger charge is -2.20. The third kappa shape index (κ3) is 6.36. The van der Waals surface area contributed by atoms with Crippen LogP contribution in [0.2, 0.25) is 0 Å². The van der Waals surface area contributed by atoms with Gasteiger partial charge in [0.05, 0.1) is 20.3 Å². The number of carbonyl (C=O) groups excluding carboxylic acids is 1. The molecule has 0 spiro atoms. The van der Waals surface area contributed by atoms with E-state index >= 15 is 0 Å². The fourth-order valence-corrected chi connectivity index (χ4v) is 3.98. The number of aryl methyl sites for hydroxylation is 1. The Bertz CT molecular complexity index is 874. The summed E-state index contributed by atoms with van der Waals surface area (Å²) >= 11 is 1.74. The van der Waals surface area contributed by atoms with Crippen molar-refractivity contribution in [3.63, 3.8) is 0 Å². The van der Waals surface area contributed by atoms with Crippen molar-refractivity contribution in [1.82, 2.24) is 5.32 Å². The van der Waals surface area contributed by atoms with Gasteiger partial charge in [0.25, 0.3) is 0 Å². The summed E-state index contributed by atoms with van der Waals surface area (Å²) in [6.07, 6.45) is 3.03. The molecule has 0 fully saturated rings. The number of thiophene rings is 1. The second kappa shape index (κ2) is 10.7. The zero-order valence-electron chi connectivity index (χ0n) is 16.9. The smallest absolute Gasteiger partial charge is 0.220 e. The minimum atomic E-state index is -0.0939. The number of methoxy groups -OCH3 is 2. The highest BCUT2D eigenvalue weighted by Crippen LogP contribution is 2.23. The van der Waals surface area contributed by atoms with Gasteiger partial charge in [0.15, 0.2) is 0 Å². The first-order chi connectivity index (χ1) is 14.2. The highest BCUT2D eigenvalue weighted by Gasteiger charge is 2.16. The first kappa shape index (κ1) is 20.9. The van der Waals surface area contributed by atoms with E-state index in [2.05, 4.69) is 22.8 Å². The van der Waals surface area contributed by atoms with Crippen LogP contribution in [0.25, 0.3) is 0 Å². The van der Waals surface area contributed by atoms with Crippen LogP contribution >= 0.6 is 11.3 Å². The molecule has 3 rings (SSSR count). The molecule has 1 unspecified atom stereocenters. The maximum absolute atomic E-state index is 12.6. The van der Waals surface area contributed by atoms with Crippen molar-refractivity contribution in [3.05, 3.63) is 82.0 Å². The van der Waals surface area contributed by atoms with Crippen molar-refractivity contribution in [2.75, 3.05) is 14.2 Å². The molecule has 0 aliphatic carbocycles. The number of hydrogen-bond donors (Lipinski definition) is 1. The molecular weight excluding hydrogens is 382 g/mol. The van der Waals surface area contributed by atoms with Crippen molar-refractivity contribution < 1.29 is 14.3 Å². The van der Waals surface area contributed by atoms with Gasteiger partial charge in [0, 0.05) is 11.3 Å². The monoisotopic (exact) mass is 409 g/mol. The summed E-state index contributed by atoms with van der Waals surface area (Å²) in [4.78, 5) is 13.9. The molecule has 1 aromatic heterocycles. The fraction of sp³-hybridized carbons (Fsp3) is 0.292. The molecule has 0 saturated heterocycles. The topological polar surface area (TPSA) is 47.6 Å². The summed E-state index contributed by atoms with van der Waals surface area (Å²) in [6.45, 7) is 0. The van der Waals surface area contributed by atoms with E-state index in [-0.39, 0.29) is 11.9 Å². The maximum atomic E-state index is 12.6. The Hall–Kier alpha value is -2.79. The number of amides is 1. The Labute approximate surface area is 176 Å². The predicted octanol–water partition coefficient (Wildman–Crippen LogP) is 5.19. The summed E-state index contributed by atoms with van der Waals surface area (Å²) < 4.78 is 10.5. The summed E-state index contributed by atoms with van der Waals surface area (Å²) in [5.41, 5.74) is 2.21. The van der Waals surface area contributed by atoms with Gasteiger partial charge in [-0.3, -0.25) is 4.79 Å². The molecule has 2 aromatic carbocycles. The van der Waals surface area contributed by atoms with Gasteiger partial charge in [-0.15, -0.1) is 11.3 Å². The van der Waals surface area contributed by atoms with Crippen LogP contribution in [0.3, 0.4) is 0 Å². The Morgan fingerprint density at radius 2 is 1.62 bits per heavy atom. The molecule has 29 heavy (non-hydrogen) atoms. The average molecular weight is 410 g/mol. The molecule has 3 aromatic rings. The van der Waals surface area contributed by atoms with Crippen LogP contribution in [0, 0.1) is 0 Å². The zero-order chi connectivity index (χ0) is 20.5. The molecule has 152 valence electrons. The molecule has 1 heterocycles. The molecule has 5 heteroatoms. The van der Waals surface area contributed by atoms with Gasteiger partial charge in [0.1, 0.15) is 11.5 Å². The van der Waals surface area contributed by atoms with E-state index in [9.17, 15) is 4.79 Å². The SMILES string of the molecule is COc1ccc(CC(NC(=O)CCCc2cccs2)c2ccc(OC)cc2)cc1. The van der Waals surface area contributed by atoms with E-state index in [1.807, 2.05) is 48.5 Å². The third-order valence-corrected chi connectivity index (χ3v) is 5.80. The molecule has 1 N–H and O–H groups in total. The van der Waals surface area contributed by atoms with E-state index in [0.29, 0.717) is 12.8 Å². The van der Waals surface area contributed by atoms with E-state index in [4.69, 9.17) is 9.47 Å². The highest BCUT2D eigenvalue weighted by molar-refractivity contribution is 7.09. The highest BCUT2D eigenvalue weighted by atomic mass is 32.1. The van der Waals surface area contributed by atoms with Gasteiger partial charge < -0.3 is 14.8 Å². The molecule has 0 aliphatic heterocycles. The van der Waals surface area contributed by atoms with Crippen LogP contribution in [-0.2, 0) is 17.6 Å². The van der Waals surface area contributed by atoms with Gasteiger partial charge >= 0.3 is 0 Å². The van der Waals surface area contributed by atoms with Gasteiger partial charge in [-0.1, -0.05) is 30.3 Å². The van der Waals surface area contributed by atoms with Crippen molar-refractivity contribution in [3.8, 4) is 11.5 Å². The second-order valence-electron chi connectivity index (χ2n) is 6.88. The lowest BCUT2D eigenvalue weighted by Crippen LogP contribution is -2.29. The summed E-state index contributed by atoms with van der Waals surface area (Å²) in [6, 6.07) is 19.9. The summed E-state index contributed by atoms with van der Waals surface area (Å²) in [5.74, 6) is 1.71. The third-order valence-electron chi connectivity index (χ3n) is 4.86. The molecule has 0 aliphatic rings. The standard InChI is InChI=1S/C24H27NO3S/c1-27-20-12-8-18(9-13-20)17-23(19-10-14-21(28-2)15-11-19)25-24(26)7-3-5-22-6-4-16-29-22/h4,6,8-16,23H,3,5,7,17H2,1-2H3,(H,25,26). The van der Waals surface area contributed by atoms with Gasteiger partial charge in [0.2, 0.25) is 5.91 Å². The van der Waals surface area contributed by atoms with Gasteiger partial charge in [-0.25, -0.2) is 0 Å². The largest absolute Gasteiger partial charge is 0.497 e. The molecule has 1 amide bonds. The number of ether oxygens (including phenoxy) is 2. The Kier molecular flexibility index (Phi) is 7.70. The van der Waals surface area contributed by atoms with E-state index in [1.54, 1.807) is 25.6 Å². The van der Waals surface area contributed by atoms with E-state index in [1.165, 1.54) is 4.88 Å². The molecule has 0 radical (unpaired) electrons. The van der Waals surface area contributed by atoms with Crippen molar-refractivity contribution in [1.29, 1.82) is 0 Å². The quantitative estimate of drug-likeness (QED) is 0.501. The Morgan fingerprint density at radius 1 is 0.966 bits per heavy atom. The minimum absolute atomic E-state index is 0.0795. The maximum Gasteiger partial charge on any atom is 0.220 e. The minimum Gasteiger partial charge on any atom is -0.497 e. The second-order valence-corrected chi connectivity index (χ2v) is 7.91. The molecular formula is C24H27NO3S. The molecule has 0 bridgehead atoms. The number of hydrogen-bond acceptors (Lipinski definition) is 4. The number of benzene rings is 2. The summed E-state index contributed by atoms with van der Waals surface area (Å²) in [5, 5.41) is 5.29. The van der Waals surface area contributed by atoms with Crippen LogP contribution in [-0.4, -0.2) is 20.1 Å². The van der Waals surface area contributed by atoms with Gasteiger partial charge in [-0.05, 0) is 66.1 Å². The number of carbonyl (C=O) groups is 1. The lowest BCUT2D eigenvalue weighted by atomic mass is 9.98. The fourth-order valence-electron chi connectivity index (χ4n) is 3.23. The molecule has 1 atom stereocenters. The number of nitrogens with one attached hydrogen (secondary N) is 1. The van der Waals surface area contributed by atoms with Crippen LogP contribution in [0.4, 0.5) is 0 Å². The Balaban J connectivity index is 1.66. The first-order valence-electron chi connectivity index (χ1n) is 9.76. The average Bonchev–Trinajstić information content (AvgIpc) is 3.27. The van der Waals surface area contributed by atoms with Crippen LogP contribution < -0.4 is 14.8 Å². The predicted molar refractivity (Wildman–Crippen MR) is 118 cm³/mol. The number of rotatable bonds is 10. The van der Waals surface area contributed by atoms with Crippen molar-refractivity contribution in [2.45, 2.75) is 31.7 Å². The van der Waals surface area contributed by atoms with Crippen LogP contribution in [0.15, 0.2) is 66.0 Å². The molecule has 4 nitrogen and oxygen atoms in total. The molecule has 0 saturated carbocycles. The normalized spacial score (nSPS) is 11.7. The first-order valence-corrected chi connectivity index (χ1v) is 10.6. The van der Waals surface area contributed by atoms with E-state index < -0.39 is 0 Å². The lowest BCUT2D eigenvalue weighted by molar-refractivity contribution is -0.121. The van der Waals surface area contributed by atoms with Crippen LogP contribution in [0.5, 0.6) is 11.5 Å².